The fourth-order valence-electron chi connectivity index (χ4n) is 3.42. The molecular weight excluding hydrogens is 384 g/mol. The maximum Gasteiger partial charge on any atom is 0.269 e. The molecule has 1 aliphatic rings. The van der Waals surface area contributed by atoms with Crippen molar-refractivity contribution in [3.8, 4) is 6.07 Å². The Labute approximate surface area is 167 Å². The van der Waals surface area contributed by atoms with Crippen molar-refractivity contribution in [1.82, 2.24) is 8.83 Å². The van der Waals surface area contributed by atoms with Crippen molar-refractivity contribution in [1.29, 1.82) is 5.26 Å². The number of nitrogens with zero attached hydrogens (tertiary/aromatic N) is 4. The number of nitriles is 1. The maximum atomic E-state index is 11.7. The van der Waals surface area contributed by atoms with Crippen LogP contribution in [0.3, 0.4) is 0 Å². The molecule has 2 aromatic carbocycles. The first-order valence-electron chi connectivity index (χ1n) is 8.65. The molecule has 1 fully saturated rings. The van der Waals surface area contributed by atoms with Gasteiger partial charge in [0.25, 0.3) is 11.3 Å². The van der Waals surface area contributed by atoms with Gasteiger partial charge in [-0.15, -0.1) is 0 Å². The summed E-state index contributed by atoms with van der Waals surface area (Å²) < 4.78 is 21.9. The summed E-state index contributed by atoms with van der Waals surface area (Å²) in [5.41, 5.74) is 0.833. The second-order valence-electron chi connectivity index (χ2n) is 6.51. The van der Waals surface area contributed by atoms with Gasteiger partial charge in [0, 0.05) is 31.4 Å². The number of likely N-dealkylation sites (tertiary alicyclic amines) is 1. The Hall–Kier alpha value is -1.95. The average Bonchev–Trinajstić information content (AvgIpc) is 2.71. The third-order valence-electron chi connectivity index (χ3n) is 4.83. The summed E-state index contributed by atoms with van der Waals surface area (Å²) in [4.78, 5) is 2.28. The lowest BCUT2D eigenvalue weighted by atomic mass is 9.87. The van der Waals surface area contributed by atoms with Crippen LogP contribution in [0.15, 0.2) is 60.7 Å². The molecule has 1 unspecified atom stereocenters. The minimum Gasteiger partial charge on any atom is -0.299 e. The van der Waals surface area contributed by atoms with E-state index in [2.05, 4.69) is 23.1 Å². The molecule has 0 amide bonds. The SMILES string of the molecule is N#CC1(N(c2ccccc2)N(Cl)S(=O)O)CCN(Cc2ccccc2)CC1. The van der Waals surface area contributed by atoms with E-state index in [0.29, 0.717) is 35.6 Å². The lowest BCUT2D eigenvalue weighted by Gasteiger charge is -2.46. The number of anilines is 1. The highest BCUT2D eigenvalue weighted by atomic mass is 35.5. The Kier molecular flexibility index (Phi) is 6.47. The predicted molar refractivity (Wildman–Crippen MR) is 107 cm³/mol. The lowest BCUT2D eigenvalue weighted by molar-refractivity contribution is 0.164. The van der Waals surface area contributed by atoms with E-state index in [-0.39, 0.29) is 0 Å². The summed E-state index contributed by atoms with van der Waals surface area (Å²) in [5, 5.41) is 11.5. The van der Waals surface area contributed by atoms with Gasteiger partial charge in [-0.1, -0.05) is 48.5 Å². The first-order chi connectivity index (χ1) is 13.1. The van der Waals surface area contributed by atoms with E-state index in [4.69, 9.17) is 11.8 Å². The highest BCUT2D eigenvalue weighted by Gasteiger charge is 2.44. The number of benzene rings is 2. The van der Waals surface area contributed by atoms with Crippen LogP contribution in [0.25, 0.3) is 0 Å². The number of hydrogen-bond acceptors (Lipinski definition) is 4. The molecule has 6 nitrogen and oxygen atoms in total. The third-order valence-corrected chi connectivity index (χ3v) is 5.76. The standard InChI is InChI=1S/C19H21ClN4O2S/c20-24(27(25)26)23(18-9-5-2-6-10-18)19(16-21)11-13-22(14-12-19)15-17-7-3-1-4-8-17/h1-10H,11-15H2,(H,25,26). The van der Waals surface area contributed by atoms with Crippen molar-refractivity contribution < 1.29 is 8.76 Å². The van der Waals surface area contributed by atoms with Crippen LogP contribution in [0.4, 0.5) is 5.69 Å². The minimum atomic E-state index is -2.45. The summed E-state index contributed by atoms with van der Waals surface area (Å²) in [6, 6.07) is 21.6. The Morgan fingerprint density at radius 1 is 1.11 bits per heavy atom. The quantitative estimate of drug-likeness (QED) is 0.453. The largest absolute Gasteiger partial charge is 0.299 e. The molecule has 8 heteroatoms. The molecule has 0 saturated carbocycles. The predicted octanol–water partition coefficient (Wildman–Crippen LogP) is 3.56. The molecular formula is C19H21ClN4O2S. The summed E-state index contributed by atoms with van der Waals surface area (Å²) in [5.74, 6) is 0. The monoisotopic (exact) mass is 404 g/mol. The number of hydrogen-bond donors (Lipinski definition) is 1. The molecule has 3 rings (SSSR count). The van der Waals surface area contributed by atoms with Crippen molar-refractivity contribution in [3.63, 3.8) is 0 Å². The van der Waals surface area contributed by atoms with Crippen LogP contribution in [0.5, 0.6) is 0 Å². The zero-order valence-electron chi connectivity index (χ0n) is 14.7. The molecule has 0 spiro atoms. The van der Waals surface area contributed by atoms with E-state index < -0.39 is 16.8 Å². The molecule has 1 N–H and O–H groups in total. The molecule has 2 aromatic rings. The van der Waals surface area contributed by atoms with Crippen LogP contribution in [-0.2, 0) is 17.8 Å². The Morgan fingerprint density at radius 2 is 1.67 bits per heavy atom. The van der Waals surface area contributed by atoms with Gasteiger partial charge in [0.05, 0.1) is 11.8 Å². The Bertz CT molecular complexity index is 807. The van der Waals surface area contributed by atoms with Gasteiger partial charge < -0.3 is 0 Å². The van der Waals surface area contributed by atoms with Gasteiger partial charge in [0.15, 0.2) is 0 Å². The van der Waals surface area contributed by atoms with Crippen LogP contribution in [0, 0.1) is 11.3 Å². The van der Waals surface area contributed by atoms with Gasteiger partial charge >= 0.3 is 0 Å². The minimum absolute atomic E-state index is 0.506. The highest BCUT2D eigenvalue weighted by molar-refractivity contribution is 7.77. The average molecular weight is 405 g/mol. The van der Waals surface area contributed by atoms with Crippen LogP contribution >= 0.6 is 11.8 Å². The van der Waals surface area contributed by atoms with Crippen LogP contribution in [0.1, 0.15) is 18.4 Å². The lowest BCUT2D eigenvalue weighted by Crippen LogP contribution is -2.59. The number of halogens is 1. The second kappa shape index (κ2) is 8.83. The van der Waals surface area contributed by atoms with E-state index in [9.17, 15) is 14.0 Å². The van der Waals surface area contributed by atoms with Crippen molar-refractivity contribution in [3.05, 3.63) is 66.2 Å². The Morgan fingerprint density at radius 3 is 2.19 bits per heavy atom. The topological polar surface area (TPSA) is 70.8 Å². The summed E-state index contributed by atoms with van der Waals surface area (Å²) >= 11 is 3.68. The van der Waals surface area contributed by atoms with Gasteiger partial charge in [0.2, 0.25) is 0 Å². The molecule has 0 radical (unpaired) electrons. The normalized spacial score (nSPS) is 18.0. The summed E-state index contributed by atoms with van der Waals surface area (Å²) in [6.07, 6.45) is 1.01. The number of rotatable bonds is 6. The van der Waals surface area contributed by atoms with Crippen LogP contribution < -0.4 is 5.01 Å². The van der Waals surface area contributed by atoms with Crippen molar-refractivity contribution in [2.45, 2.75) is 24.9 Å². The maximum absolute atomic E-state index is 11.7. The second-order valence-corrected chi connectivity index (χ2v) is 7.84. The van der Waals surface area contributed by atoms with Gasteiger partial charge in [0.1, 0.15) is 5.54 Å². The Balaban J connectivity index is 1.81. The highest BCUT2D eigenvalue weighted by Crippen LogP contribution is 2.36. The molecule has 0 bridgehead atoms. The smallest absolute Gasteiger partial charge is 0.269 e. The van der Waals surface area contributed by atoms with Crippen molar-refractivity contribution >= 4 is 28.7 Å². The first-order valence-corrected chi connectivity index (χ1v) is 10.1. The van der Waals surface area contributed by atoms with Gasteiger partial charge in [-0.25, -0.2) is 4.21 Å². The molecule has 0 aromatic heterocycles. The van der Waals surface area contributed by atoms with E-state index in [0.717, 1.165) is 6.54 Å². The van der Waals surface area contributed by atoms with E-state index >= 15 is 0 Å². The van der Waals surface area contributed by atoms with Crippen LogP contribution in [0.2, 0.25) is 0 Å². The number of para-hydroxylation sites is 1. The van der Waals surface area contributed by atoms with Gasteiger partial charge in [-0.05, 0) is 34.5 Å². The fourth-order valence-corrected chi connectivity index (χ4v) is 4.04. The van der Waals surface area contributed by atoms with E-state index in [1.54, 1.807) is 12.1 Å². The zero-order chi connectivity index (χ0) is 19.3. The summed E-state index contributed by atoms with van der Waals surface area (Å²) in [7, 11) is 0. The molecule has 1 aliphatic heterocycles. The third kappa shape index (κ3) is 4.49. The molecule has 1 heterocycles. The van der Waals surface area contributed by atoms with E-state index in [1.807, 2.05) is 36.4 Å². The first kappa shape index (κ1) is 19.8. The summed E-state index contributed by atoms with van der Waals surface area (Å²) in [6.45, 7) is 2.19. The molecule has 1 saturated heterocycles. The number of hydrazine groups is 1. The van der Waals surface area contributed by atoms with E-state index in [1.165, 1.54) is 10.6 Å². The number of piperidine rings is 1. The van der Waals surface area contributed by atoms with Gasteiger partial charge in [-0.2, -0.15) is 5.26 Å². The van der Waals surface area contributed by atoms with Crippen LogP contribution in [-0.4, -0.2) is 36.2 Å². The molecule has 142 valence electrons. The molecule has 27 heavy (non-hydrogen) atoms. The zero-order valence-corrected chi connectivity index (χ0v) is 16.3. The van der Waals surface area contributed by atoms with Crippen molar-refractivity contribution in [2.75, 3.05) is 18.1 Å². The van der Waals surface area contributed by atoms with Gasteiger partial charge in [-0.3, -0.25) is 14.5 Å². The molecule has 1 atom stereocenters. The van der Waals surface area contributed by atoms with Crippen molar-refractivity contribution in [2.24, 2.45) is 0 Å². The molecule has 0 aliphatic carbocycles. The fraction of sp³-hybridized carbons (Fsp3) is 0.316.